The topological polar surface area (TPSA) is 64.9 Å². The predicted octanol–water partition coefficient (Wildman–Crippen LogP) is 1.29. The summed E-state index contributed by atoms with van der Waals surface area (Å²) in [5, 5.41) is 0. The van der Waals surface area contributed by atoms with Crippen molar-refractivity contribution in [3.8, 4) is 0 Å². The number of rotatable bonds is 2. The lowest BCUT2D eigenvalue weighted by molar-refractivity contribution is 0.489. The van der Waals surface area contributed by atoms with Crippen molar-refractivity contribution in [3.63, 3.8) is 0 Å². The number of nitrogens with zero attached hydrogens (tertiary/aromatic N) is 2. The average Bonchev–Trinajstić information content (AvgIpc) is 2.59. The second-order valence-electron chi connectivity index (χ2n) is 3.01. The highest BCUT2D eigenvalue weighted by molar-refractivity contribution is 5.66. The van der Waals surface area contributed by atoms with Gasteiger partial charge in [0.2, 0.25) is 5.89 Å². The molecule has 13 heavy (non-hydrogen) atoms. The van der Waals surface area contributed by atoms with Gasteiger partial charge in [-0.15, -0.1) is 0 Å². The van der Waals surface area contributed by atoms with Crippen molar-refractivity contribution in [1.82, 2.24) is 9.97 Å². The largest absolute Gasteiger partial charge is 0.439 e. The highest BCUT2D eigenvalue weighted by atomic mass is 16.3. The van der Waals surface area contributed by atoms with Crippen LogP contribution < -0.4 is 5.73 Å². The summed E-state index contributed by atoms with van der Waals surface area (Å²) in [6, 6.07) is 3.67. The fourth-order valence-electron chi connectivity index (χ4n) is 1.10. The molecule has 0 amide bonds. The highest BCUT2D eigenvalue weighted by Gasteiger charge is 2.11. The maximum absolute atomic E-state index is 5.51. The van der Waals surface area contributed by atoms with Crippen molar-refractivity contribution in [2.75, 3.05) is 6.54 Å². The van der Waals surface area contributed by atoms with E-state index in [9.17, 15) is 0 Å². The van der Waals surface area contributed by atoms with Crippen LogP contribution in [0.15, 0.2) is 22.7 Å². The molecule has 0 aromatic carbocycles. The molecule has 0 spiro atoms. The van der Waals surface area contributed by atoms with Gasteiger partial charge in [0.1, 0.15) is 0 Å². The zero-order valence-corrected chi connectivity index (χ0v) is 7.40. The third kappa shape index (κ3) is 1.40. The number of aromatic nitrogens is 2. The number of pyridine rings is 1. The summed E-state index contributed by atoms with van der Waals surface area (Å²) in [5.41, 5.74) is 6.88. The van der Waals surface area contributed by atoms with E-state index in [4.69, 9.17) is 10.2 Å². The van der Waals surface area contributed by atoms with E-state index >= 15 is 0 Å². The molecular formula is C9H11N3O. The molecule has 4 nitrogen and oxygen atoms in total. The van der Waals surface area contributed by atoms with Gasteiger partial charge < -0.3 is 10.2 Å². The lowest BCUT2D eigenvalue weighted by Crippen LogP contribution is -2.08. The number of hydrogen-bond acceptors (Lipinski definition) is 4. The lowest BCUT2D eigenvalue weighted by atomic mass is 10.2. The third-order valence-electron chi connectivity index (χ3n) is 1.96. The smallest absolute Gasteiger partial charge is 0.201 e. The first-order valence-electron chi connectivity index (χ1n) is 4.23. The van der Waals surface area contributed by atoms with Crippen LogP contribution >= 0.6 is 0 Å². The van der Waals surface area contributed by atoms with Crippen molar-refractivity contribution in [1.29, 1.82) is 0 Å². The Balaban J connectivity index is 2.49. The molecule has 2 rings (SSSR count). The molecule has 0 saturated carbocycles. The first-order chi connectivity index (χ1) is 6.31. The van der Waals surface area contributed by atoms with Gasteiger partial charge in [0.05, 0.1) is 0 Å². The van der Waals surface area contributed by atoms with E-state index in [2.05, 4.69) is 9.97 Å². The Bertz CT molecular complexity index is 377. The molecule has 68 valence electrons. The van der Waals surface area contributed by atoms with Gasteiger partial charge in [-0.3, -0.25) is 0 Å². The average molecular weight is 177 g/mol. The van der Waals surface area contributed by atoms with Crippen LogP contribution in [0, 0.1) is 0 Å². The van der Waals surface area contributed by atoms with E-state index in [-0.39, 0.29) is 5.92 Å². The predicted molar refractivity (Wildman–Crippen MR) is 49.3 cm³/mol. The minimum atomic E-state index is 0.147. The molecule has 0 fully saturated rings. The quantitative estimate of drug-likeness (QED) is 0.750. The molecule has 0 saturated heterocycles. The van der Waals surface area contributed by atoms with Crippen LogP contribution in [0.2, 0.25) is 0 Å². The maximum Gasteiger partial charge on any atom is 0.201 e. The number of fused-ring (bicyclic) bond motifs is 1. The van der Waals surface area contributed by atoms with Crippen molar-refractivity contribution >= 4 is 11.2 Å². The molecular weight excluding hydrogens is 166 g/mol. The van der Waals surface area contributed by atoms with E-state index in [1.807, 2.05) is 19.1 Å². The van der Waals surface area contributed by atoms with Crippen LogP contribution in [0.5, 0.6) is 0 Å². The van der Waals surface area contributed by atoms with Crippen molar-refractivity contribution in [3.05, 3.63) is 24.2 Å². The first-order valence-corrected chi connectivity index (χ1v) is 4.23. The summed E-state index contributed by atoms with van der Waals surface area (Å²) >= 11 is 0. The Hall–Kier alpha value is -1.42. The number of hydrogen-bond donors (Lipinski definition) is 1. The van der Waals surface area contributed by atoms with Gasteiger partial charge in [0.15, 0.2) is 11.2 Å². The maximum atomic E-state index is 5.51. The van der Waals surface area contributed by atoms with E-state index in [1.54, 1.807) is 6.20 Å². The Morgan fingerprint density at radius 3 is 3.15 bits per heavy atom. The Labute approximate surface area is 75.8 Å². The van der Waals surface area contributed by atoms with E-state index < -0.39 is 0 Å². The minimum absolute atomic E-state index is 0.147. The van der Waals surface area contributed by atoms with Crippen molar-refractivity contribution in [2.24, 2.45) is 5.73 Å². The summed E-state index contributed by atoms with van der Waals surface area (Å²) in [6.45, 7) is 2.51. The first kappa shape index (κ1) is 8.19. The van der Waals surface area contributed by atoms with Crippen molar-refractivity contribution < 1.29 is 4.42 Å². The standard InChI is InChI=1S/C9H11N3O/c1-6(5-10)9-12-8-7(13-9)3-2-4-11-8/h2-4,6H,5,10H2,1H3. The van der Waals surface area contributed by atoms with Gasteiger partial charge in [-0.1, -0.05) is 6.92 Å². The zero-order valence-electron chi connectivity index (χ0n) is 7.40. The van der Waals surface area contributed by atoms with E-state index in [0.717, 1.165) is 5.58 Å². The van der Waals surface area contributed by atoms with Crippen LogP contribution in [0.4, 0.5) is 0 Å². The molecule has 0 bridgehead atoms. The number of oxazole rings is 1. The Morgan fingerprint density at radius 2 is 2.46 bits per heavy atom. The van der Waals surface area contributed by atoms with E-state index in [0.29, 0.717) is 18.1 Å². The molecule has 0 aliphatic carbocycles. The fraction of sp³-hybridized carbons (Fsp3) is 0.333. The van der Waals surface area contributed by atoms with Gasteiger partial charge in [0, 0.05) is 18.7 Å². The SMILES string of the molecule is CC(CN)c1nc2ncccc2o1. The van der Waals surface area contributed by atoms with Crippen LogP contribution in [-0.4, -0.2) is 16.5 Å². The van der Waals surface area contributed by atoms with Gasteiger partial charge in [-0.05, 0) is 12.1 Å². The van der Waals surface area contributed by atoms with E-state index in [1.165, 1.54) is 0 Å². The second kappa shape index (κ2) is 3.14. The monoisotopic (exact) mass is 177 g/mol. The summed E-state index contributed by atoms with van der Waals surface area (Å²) in [4.78, 5) is 8.30. The molecule has 2 N–H and O–H groups in total. The second-order valence-corrected chi connectivity index (χ2v) is 3.01. The van der Waals surface area contributed by atoms with Crippen LogP contribution in [0.25, 0.3) is 11.2 Å². The Morgan fingerprint density at radius 1 is 1.62 bits per heavy atom. The summed E-state index contributed by atoms with van der Waals surface area (Å²) in [7, 11) is 0. The molecule has 4 heteroatoms. The van der Waals surface area contributed by atoms with Gasteiger partial charge in [0.25, 0.3) is 0 Å². The third-order valence-corrected chi connectivity index (χ3v) is 1.96. The summed E-state index contributed by atoms with van der Waals surface area (Å²) in [6.07, 6.45) is 1.70. The summed E-state index contributed by atoms with van der Waals surface area (Å²) < 4.78 is 5.47. The lowest BCUT2D eigenvalue weighted by Gasteiger charge is -1.99. The van der Waals surface area contributed by atoms with Crippen LogP contribution in [0.3, 0.4) is 0 Å². The van der Waals surface area contributed by atoms with Gasteiger partial charge in [-0.25, -0.2) is 4.98 Å². The van der Waals surface area contributed by atoms with Gasteiger partial charge >= 0.3 is 0 Å². The fourth-order valence-corrected chi connectivity index (χ4v) is 1.10. The highest BCUT2D eigenvalue weighted by Crippen LogP contribution is 2.18. The normalized spacial score (nSPS) is 13.4. The Kier molecular flexibility index (Phi) is 1.98. The molecule has 0 aliphatic rings. The molecule has 1 unspecified atom stereocenters. The summed E-state index contributed by atoms with van der Waals surface area (Å²) in [5.74, 6) is 0.811. The molecule has 0 aliphatic heterocycles. The molecule has 2 aromatic rings. The van der Waals surface area contributed by atoms with Crippen LogP contribution in [-0.2, 0) is 0 Å². The molecule has 0 radical (unpaired) electrons. The minimum Gasteiger partial charge on any atom is -0.439 e. The number of nitrogens with two attached hydrogens (primary N) is 1. The van der Waals surface area contributed by atoms with Gasteiger partial charge in [-0.2, -0.15) is 4.98 Å². The molecule has 1 atom stereocenters. The molecule has 2 aromatic heterocycles. The zero-order chi connectivity index (χ0) is 9.26. The van der Waals surface area contributed by atoms with Crippen LogP contribution in [0.1, 0.15) is 18.7 Å². The van der Waals surface area contributed by atoms with Crippen molar-refractivity contribution in [2.45, 2.75) is 12.8 Å². The molecule has 2 heterocycles.